The van der Waals surface area contributed by atoms with Gasteiger partial charge in [-0.2, -0.15) is 9.61 Å². The summed E-state index contributed by atoms with van der Waals surface area (Å²) in [6.45, 7) is 1.56. The van der Waals surface area contributed by atoms with Gasteiger partial charge < -0.3 is 4.42 Å². The van der Waals surface area contributed by atoms with Gasteiger partial charge in [-0.25, -0.2) is 4.79 Å². The Kier molecular flexibility index (Phi) is 2.67. The summed E-state index contributed by atoms with van der Waals surface area (Å²) in [6, 6.07) is 8.90. The van der Waals surface area contributed by atoms with E-state index >= 15 is 0 Å². The maximum absolute atomic E-state index is 12.1. The number of aryl methyl sites for hydroxylation is 1. The fourth-order valence-corrected chi connectivity index (χ4v) is 2.95. The second-order valence-corrected chi connectivity index (χ2v) is 5.63. The quantitative estimate of drug-likeness (QED) is 0.496. The molecule has 3 heterocycles. The Bertz CT molecular complexity index is 1140. The van der Waals surface area contributed by atoms with Crippen LogP contribution in [-0.4, -0.2) is 19.8 Å². The van der Waals surface area contributed by atoms with Crippen LogP contribution >= 0.6 is 11.3 Å². The van der Waals surface area contributed by atoms with Gasteiger partial charge in [0.1, 0.15) is 11.3 Å². The third-order valence-electron chi connectivity index (χ3n) is 3.22. The lowest BCUT2D eigenvalue weighted by Gasteiger charge is -1.97. The van der Waals surface area contributed by atoms with Crippen molar-refractivity contribution < 1.29 is 4.42 Å². The first-order valence-electron chi connectivity index (χ1n) is 6.40. The van der Waals surface area contributed by atoms with Crippen molar-refractivity contribution in [3.63, 3.8) is 0 Å². The van der Waals surface area contributed by atoms with Crippen molar-refractivity contribution in [1.82, 2.24) is 19.8 Å². The van der Waals surface area contributed by atoms with Crippen LogP contribution in [0.3, 0.4) is 0 Å². The summed E-state index contributed by atoms with van der Waals surface area (Å²) in [4.78, 5) is 24.4. The first kappa shape index (κ1) is 12.8. The molecule has 0 aliphatic carbocycles. The monoisotopic (exact) mass is 312 g/mol. The molecule has 108 valence electrons. The van der Waals surface area contributed by atoms with E-state index in [9.17, 15) is 9.59 Å². The van der Waals surface area contributed by atoms with Gasteiger partial charge in [-0.05, 0) is 19.1 Å². The molecule has 0 fully saturated rings. The fraction of sp³-hybridized carbons (Fsp3) is 0.0714. The van der Waals surface area contributed by atoms with Crippen molar-refractivity contribution >= 4 is 27.3 Å². The molecule has 3 aromatic heterocycles. The molecular weight excluding hydrogens is 304 g/mol. The van der Waals surface area contributed by atoms with Crippen LogP contribution in [0.25, 0.3) is 26.5 Å². The number of hydrogen-bond donors (Lipinski definition) is 0. The molecule has 1 aromatic carbocycles. The van der Waals surface area contributed by atoms with E-state index in [1.165, 1.54) is 0 Å². The zero-order valence-corrected chi connectivity index (χ0v) is 12.1. The first-order valence-corrected chi connectivity index (χ1v) is 7.21. The van der Waals surface area contributed by atoms with E-state index in [4.69, 9.17) is 4.42 Å². The molecule has 0 aliphatic heterocycles. The molecule has 0 saturated carbocycles. The highest BCUT2D eigenvalue weighted by Gasteiger charge is 2.15. The molecule has 4 rings (SSSR count). The van der Waals surface area contributed by atoms with E-state index in [0.29, 0.717) is 21.1 Å². The summed E-state index contributed by atoms with van der Waals surface area (Å²) >= 11 is 1.11. The highest BCUT2D eigenvalue weighted by Crippen LogP contribution is 2.24. The van der Waals surface area contributed by atoms with Gasteiger partial charge in [0.25, 0.3) is 5.56 Å². The van der Waals surface area contributed by atoms with Crippen molar-refractivity contribution in [2.75, 3.05) is 0 Å². The van der Waals surface area contributed by atoms with Crippen LogP contribution in [0.1, 0.15) is 5.69 Å². The lowest BCUT2D eigenvalue weighted by Crippen LogP contribution is -2.19. The van der Waals surface area contributed by atoms with Crippen LogP contribution in [0.5, 0.6) is 0 Å². The van der Waals surface area contributed by atoms with E-state index < -0.39 is 5.63 Å². The number of fused-ring (bicyclic) bond motifs is 2. The number of benzene rings is 1. The Morgan fingerprint density at radius 2 is 2.00 bits per heavy atom. The van der Waals surface area contributed by atoms with Gasteiger partial charge in [0, 0.05) is 5.39 Å². The maximum Gasteiger partial charge on any atom is 0.346 e. The summed E-state index contributed by atoms with van der Waals surface area (Å²) in [5, 5.41) is 13.0. The van der Waals surface area contributed by atoms with Gasteiger partial charge in [-0.15, -0.1) is 10.2 Å². The molecule has 0 amide bonds. The molecule has 0 N–H and O–H groups in total. The predicted octanol–water partition coefficient (Wildman–Crippen LogP) is 1.63. The van der Waals surface area contributed by atoms with Gasteiger partial charge in [0.2, 0.25) is 4.96 Å². The molecular formula is C14H8N4O3S. The van der Waals surface area contributed by atoms with Crippen LogP contribution in [-0.2, 0) is 0 Å². The third kappa shape index (κ3) is 1.85. The number of nitrogens with zero attached hydrogens (tertiary/aromatic N) is 4. The second kappa shape index (κ2) is 4.57. The molecule has 0 saturated heterocycles. The Hall–Kier alpha value is -2.87. The third-order valence-corrected chi connectivity index (χ3v) is 4.15. The minimum absolute atomic E-state index is 0.250. The highest BCUT2D eigenvalue weighted by atomic mass is 32.1. The van der Waals surface area contributed by atoms with Crippen LogP contribution < -0.4 is 11.2 Å². The van der Waals surface area contributed by atoms with Crippen molar-refractivity contribution in [3.8, 4) is 10.6 Å². The van der Waals surface area contributed by atoms with Crippen molar-refractivity contribution in [2.45, 2.75) is 6.92 Å². The Morgan fingerprint density at radius 1 is 1.18 bits per heavy atom. The van der Waals surface area contributed by atoms with Crippen molar-refractivity contribution in [1.29, 1.82) is 0 Å². The molecule has 0 unspecified atom stereocenters. The second-order valence-electron chi connectivity index (χ2n) is 4.68. The molecule has 0 spiro atoms. The van der Waals surface area contributed by atoms with Crippen LogP contribution in [0.2, 0.25) is 0 Å². The Morgan fingerprint density at radius 3 is 2.86 bits per heavy atom. The number of rotatable bonds is 1. The lowest BCUT2D eigenvalue weighted by atomic mass is 10.2. The molecule has 0 aliphatic rings. The maximum atomic E-state index is 12.1. The van der Waals surface area contributed by atoms with E-state index in [2.05, 4.69) is 15.3 Å². The largest absolute Gasteiger partial charge is 0.422 e. The average molecular weight is 312 g/mol. The fourth-order valence-electron chi connectivity index (χ4n) is 2.11. The van der Waals surface area contributed by atoms with Gasteiger partial charge in [0.15, 0.2) is 5.01 Å². The molecule has 0 bridgehead atoms. The smallest absolute Gasteiger partial charge is 0.346 e. The molecule has 0 radical (unpaired) electrons. The summed E-state index contributed by atoms with van der Waals surface area (Å²) in [7, 11) is 0. The van der Waals surface area contributed by atoms with Gasteiger partial charge in [-0.3, -0.25) is 4.79 Å². The van der Waals surface area contributed by atoms with E-state index in [0.717, 1.165) is 21.2 Å². The average Bonchev–Trinajstić information content (AvgIpc) is 2.95. The molecule has 8 heteroatoms. The highest BCUT2D eigenvalue weighted by molar-refractivity contribution is 7.19. The normalized spacial score (nSPS) is 11.3. The molecule has 0 atom stereocenters. The Labute approximate surface area is 126 Å². The summed E-state index contributed by atoms with van der Waals surface area (Å²) in [6.07, 6.45) is 0. The van der Waals surface area contributed by atoms with Crippen molar-refractivity contribution in [2.24, 2.45) is 0 Å². The summed E-state index contributed by atoms with van der Waals surface area (Å²) in [5.74, 6) is 0. The zero-order chi connectivity index (χ0) is 15.3. The summed E-state index contributed by atoms with van der Waals surface area (Å²) in [5.41, 5.74) is 0.199. The minimum atomic E-state index is -0.504. The van der Waals surface area contributed by atoms with Crippen LogP contribution in [0, 0.1) is 6.92 Å². The minimum Gasteiger partial charge on any atom is -0.422 e. The number of aromatic nitrogens is 4. The van der Waals surface area contributed by atoms with Gasteiger partial charge in [0.05, 0.1) is 5.56 Å². The van der Waals surface area contributed by atoms with E-state index in [1.807, 2.05) is 12.1 Å². The molecule has 4 aromatic rings. The zero-order valence-electron chi connectivity index (χ0n) is 11.3. The van der Waals surface area contributed by atoms with Crippen molar-refractivity contribution in [3.05, 3.63) is 56.8 Å². The van der Waals surface area contributed by atoms with Crippen LogP contribution in [0.4, 0.5) is 0 Å². The van der Waals surface area contributed by atoms with Gasteiger partial charge in [-0.1, -0.05) is 29.5 Å². The topological polar surface area (TPSA) is 90.4 Å². The predicted molar refractivity (Wildman–Crippen MR) is 81.1 cm³/mol. The number of hydrogen-bond acceptors (Lipinski definition) is 7. The van der Waals surface area contributed by atoms with E-state index in [-0.39, 0.29) is 11.3 Å². The SMILES string of the molecule is Cc1nnc2sc(-c3cc4ccccc4oc3=O)nn2c1=O. The van der Waals surface area contributed by atoms with Gasteiger partial charge >= 0.3 is 5.63 Å². The number of para-hydroxylation sites is 1. The Balaban J connectivity index is 2.03. The molecule has 7 nitrogen and oxygen atoms in total. The summed E-state index contributed by atoms with van der Waals surface area (Å²) < 4.78 is 6.43. The standard InChI is InChI=1S/C14H8N4O3S/c1-7-12(19)18-14(16-15-7)22-11(17-18)9-6-8-4-2-3-5-10(8)21-13(9)20/h2-6H,1H3. The molecule has 22 heavy (non-hydrogen) atoms. The van der Waals surface area contributed by atoms with E-state index in [1.54, 1.807) is 25.1 Å². The first-order chi connectivity index (χ1) is 10.6. The van der Waals surface area contributed by atoms with Crippen LogP contribution in [0.15, 0.2) is 44.3 Å². The lowest BCUT2D eigenvalue weighted by molar-refractivity contribution is 0.563.